The number of benzene rings is 1. The van der Waals surface area contributed by atoms with Crippen molar-refractivity contribution in [1.29, 1.82) is 0 Å². The molecule has 2 aliphatic rings. The van der Waals surface area contributed by atoms with Crippen LogP contribution in [0.1, 0.15) is 47.8 Å². The summed E-state index contributed by atoms with van der Waals surface area (Å²) in [6.45, 7) is 0.629. The molecule has 0 unspecified atom stereocenters. The first kappa shape index (κ1) is 18.4. The van der Waals surface area contributed by atoms with Gasteiger partial charge in [0, 0.05) is 37.2 Å². The Morgan fingerprint density at radius 1 is 1.10 bits per heavy atom. The molecule has 0 spiro atoms. The zero-order chi connectivity index (χ0) is 20.0. The van der Waals surface area contributed by atoms with Crippen molar-refractivity contribution in [2.45, 2.75) is 44.4 Å². The number of hydrogen-bond acceptors (Lipinski definition) is 4. The Balaban J connectivity index is 1.45. The molecule has 1 saturated carbocycles. The van der Waals surface area contributed by atoms with Crippen LogP contribution in [0.3, 0.4) is 0 Å². The van der Waals surface area contributed by atoms with Crippen molar-refractivity contribution in [2.75, 3.05) is 6.61 Å². The highest BCUT2D eigenvalue weighted by Crippen LogP contribution is 2.37. The van der Waals surface area contributed by atoms with Crippen molar-refractivity contribution in [3.05, 3.63) is 59.0 Å². The number of para-hydroxylation sites is 1. The molecule has 8 heteroatoms. The van der Waals surface area contributed by atoms with Gasteiger partial charge in [-0.2, -0.15) is 13.2 Å². The van der Waals surface area contributed by atoms with Crippen molar-refractivity contribution in [2.24, 2.45) is 5.92 Å². The molecule has 0 amide bonds. The van der Waals surface area contributed by atoms with Crippen LogP contribution >= 0.6 is 0 Å². The standard InChI is InChI=1S/C21H21F3N4O/c22-21(23,24)19-14(7-9-28-18(11-13-5-6-13)26-27-20(19)28)12-25-16-8-10-29-17-4-2-1-3-15(16)17/h1-4,7,9,13,16,25H,5-6,8,10-12H2/t16-/m0/s1. The molecule has 1 atom stereocenters. The van der Waals surface area contributed by atoms with Crippen molar-refractivity contribution in [3.8, 4) is 5.75 Å². The van der Waals surface area contributed by atoms with Gasteiger partial charge in [0.25, 0.3) is 0 Å². The third kappa shape index (κ3) is 3.57. The molecule has 29 heavy (non-hydrogen) atoms. The molecule has 2 aromatic heterocycles. The highest BCUT2D eigenvalue weighted by Gasteiger charge is 2.38. The summed E-state index contributed by atoms with van der Waals surface area (Å²) in [5.74, 6) is 1.91. The van der Waals surface area contributed by atoms with Gasteiger partial charge in [0.2, 0.25) is 0 Å². The van der Waals surface area contributed by atoms with Gasteiger partial charge in [-0.05, 0) is 36.5 Å². The second kappa shape index (κ2) is 7.02. The van der Waals surface area contributed by atoms with E-state index in [4.69, 9.17) is 4.74 Å². The summed E-state index contributed by atoms with van der Waals surface area (Å²) in [7, 11) is 0. The smallest absolute Gasteiger partial charge is 0.420 e. The summed E-state index contributed by atoms with van der Waals surface area (Å²) in [6.07, 6.45) is 0.755. The van der Waals surface area contributed by atoms with Gasteiger partial charge >= 0.3 is 6.18 Å². The number of nitrogens with zero attached hydrogens (tertiary/aromatic N) is 3. The van der Waals surface area contributed by atoms with Gasteiger partial charge in [-0.1, -0.05) is 18.2 Å². The first-order chi connectivity index (χ1) is 14.0. The maximum absolute atomic E-state index is 13.9. The lowest BCUT2D eigenvalue weighted by Gasteiger charge is -2.27. The van der Waals surface area contributed by atoms with E-state index in [1.165, 1.54) is 10.5 Å². The first-order valence-corrected chi connectivity index (χ1v) is 9.88. The summed E-state index contributed by atoms with van der Waals surface area (Å²) in [5, 5.41) is 11.2. The molecule has 0 bridgehead atoms. The molecule has 152 valence electrons. The second-order valence-corrected chi connectivity index (χ2v) is 7.78. The molecule has 1 aliphatic carbocycles. The number of fused-ring (bicyclic) bond motifs is 2. The first-order valence-electron chi connectivity index (χ1n) is 9.88. The second-order valence-electron chi connectivity index (χ2n) is 7.78. The summed E-state index contributed by atoms with van der Waals surface area (Å²) < 4.78 is 48.9. The molecule has 1 fully saturated rings. The van der Waals surface area contributed by atoms with E-state index in [-0.39, 0.29) is 23.8 Å². The van der Waals surface area contributed by atoms with Crippen LogP contribution < -0.4 is 10.1 Å². The average Bonchev–Trinajstić information content (AvgIpc) is 3.44. The summed E-state index contributed by atoms with van der Waals surface area (Å²) in [6, 6.07) is 9.11. The monoisotopic (exact) mass is 402 g/mol. The quantitative estimate of drug-likeness (QED) is 0.691. The minimum absolute atomic E-state index is 0.0550. The molecule has 1 aromatic carbocycles. The lowest BCUT2D eigenvalue weighted by atomic mass is 10.00. The predicted molar refractivity (Wildman–Crippen MR) is 101 cm³/mol. The largest absolute Gasteiger partial charge is 0.493 e. The molecule has 0 saturated heterocycles. The predicted octanol–water partition coefficient (Wildman–Crippen LogP) is 4.31. The molecule has 1 aliphatic heterocycles. The number of nitrogens with one attached hydrogen (secondary N) is 1. The van der Waals surface area contributed by atoms with Crippen LogP contribution in [0.4, 0.5) is 13.2 Å². The molecule has 3 heterocycles. The third-order valence-corrected chi connectivity index (χ3v) is 5.69. The Labute approximate surface area is 165 Å². The topological polar surface area (TPSA) is 51.5 Å². The van der Waals surface area contributed by atoms with Crippen LogP contribution in [-0.4, -0.2) is 21.2 Å². The van der Waals surface area contributed by atoms with Crippen LogP contribution in [0.15, 0.2) is 36.5 Å². The van der Waals surface area contributed by atoms with Gasteiger partial charge in [0.1, 0.15) is 17.1 Å². The third-order valence-electron chi connectivity index (χ3n) is 5.69. The van der Waals surface area contributed by atoms with Gasteiger partial charge < -0.3 is 10.1 Å². The Morgan fingerprint density at radius 3 is 2.72 bits per heavy atom. The average molecular weight is 402 g/mol. The minimum Gasteiger partial charge on any atom is -0.493 e. The molecule has 5 rings (SSSR count). The maximum Gasteiger partial charge on any atom is 0.420 e. The van der Waals surface area contributed by atoms with Crippen molar-refractivity contribution in [3.63, 3.8) is 0 Å². The van der Waals surface area contributed by atoms with Crippen LogP contribution in [0, 0.1) is 5.92 Å². The van der Waals surface area contributed by atoms with Crippen LogP contribution in [0.5, 0.6) is 5.75 Å². The fourth-order valence-corrected chi connectivity index (χ4v) is 4.00. The lowest BCUT2D eigenvalue weighted by Crippen LogP contribution is -2.28. The van der Waals surface area contributed by atoms with Crippen molar-refractivity contribution >= 4 is 5.65 Å². The van der Waals surface area contributed by atoms with E-state index >= 15 is 0 Å². The van der Waals surface area contributed by atoms with Crippen LogP contribution in [0.25, 0.3) is 5.65 Å². The molecule has 1 N–H and O–H groups in total. The lowest BCUT2D eigenvalue weighted by molar-refractivity contribution is -0.137. The molecule has 5 nitrogen and oxygen atoms in total. The summed E-state index contributed by atoms with van der Waals surface area (Å²) in [4.78, 5) is 0. The maximum atomic E-state index is 13.9. The number of rotatable bonds is 5. The van der Waals surface area contributed by atoms with E-state index in [1.54, 1.807) is 6.20 Å². The van der Waals surface area contributed by atoms with E-state index < -0.39 is 11.7 Å². The molecule has 0 radical (unpaired) electrons. The number of aromatic nitrogens is 3. The molecular weight excluding hydrogens is 381 g/mol. The number of hydrogen-bond donors (Lipinski definition) is 1. The van der Waals surface area contributed by atoms with E-state index in [2.05, 4.69) is 15.5 Å². The highest BCUT2D eigenvalue weighted by atomic mass is 19.4. The number of pyridine rings is 1. The normalized spacial score (nSPS) is 19.2. The molecule has 3 aromatic rings. The Kier molecular flexibility index (Phi) is 4.46. The number of halogens is 3. The van der Waals surface area contributed by atoms with Crippen molar-refractivity contribution < 1.29 is 17.9 Å². The van der Waals surface area contributed by atoms with Crippen LogP contribution in [0.2, 0.25) is 0 Å². The molecular formula is C21H21F3N4O. The van der Waals surface area contributed by atoms with E-state index in [1.807, 2.05) is 24.3 Å². The Bertz CT molecular complexity index is 1040. The zero-order valence-electron chi connectivity index (χ0n) is 15.7. The van der Waals surface area contributed by atoms with Gasteiger partial charge in [-0.3, -0.25) is 4.40 Å². The summed E-state index contributed by atoms with van der Waals surface area (Å²) >= 11 is 0. The summed E-state index contributed by atoms with van der Waals surface area (Å²) in [5.41, 5.74) is 0.337. The van der Waals surface area contributed by atoms with Gasteiger partial charge in [0.05, 0.1) is 6.61 Å². The van der Waals surface area contributed by atoms with E-state index in [0.29, 0.717) is 31.2 Å². The number of ether oxygens (including phenoxy) is 1. The van der Waals surface area contributed by atoms with Crippen LogP contribution in [-0.2, 0) is 19.1 Å². The zero-order valence-corrected chi connectivity index (χ0v) is 15.7. The SMILES string of the molecule is FC(F)(F)c1c(CN[C@H]2CCOc3ccccc32)ccn2c(CC3CC3)nnc12. The van der Waals surface area contributed by atoms with E-state index in [9.17, 15) is 13.2 Å². The fraction of sp³-hybridized carbons (Fsp3) is 0.429. The Morgan fingerprint density at radius 2 is 1.93 bits per heavy atom. The van der Waals surface area contributed by atoms with Gasteiger partial charge in [-0.15, -0.1) is 10.2 Å². The van der Waals surface area contributed by atoms with Gasteiger partial charge in [0.15, 0.2) is 5.65 Å². The minimum atomic E-state index is -4.50. The Hall–Kier alpha value is -2.61. The number of alkyl halides is 3. The fourth-order valence-electron chi connectivity index (χ4n) is 4.00. The van der Waals surface area contributed by atoms with Crippen molar-refractivity contribution in [1.82, 2.24) is 19.9 Å². The van der Waals surface area contributed by atoms with E-state index in [0.717, 1.165) is 24.2 Å². The highest BCUT2D eigenvalue weighted by molar-refractivity contribution is 5.53. The van der Waals surface area contributed by atoms with Gasteiger partial charge in [-0.25, -0.2) is 0 Å².